The van der Waals surface area contributed by atoms with Crippen LogP contribution in [0.5, 0.6) is 11.5 Å². The van der Waals surface area contributed by atoms with Crippen molar-refractivity contribution in [2.45, 2.75) is 30.2 Å². The lowest BCUT2D eigenvalue weighted by Gasteiger charge is -2.15. The minimum absolute atomic E-state index is 0.0159. The highest BCUT2D eigenvalue weighted by atomic mass is 35.5. The first-order chi connectivity index (χ1) is 15.7. The van der Waals surface area contributed by atoms with Crippen LogP contribution in [0.25, 0.3) is 0 Å². The van der Waals surface area contributed by atoms with Crippen LogP contribution in [0.2, 0.25) is 10.0 Å². The molecule has 2 atom stereocenters. The minimum atomic E-state index is -3.83. The summed E-state index contributed by atoms with van der Waals surface area (Å²) in [5.41, 5.74) is 0. The van der Waals surface area contributed by atoms with Crippen molar-refractivity contribution in [2.75, 3.05) is 19.1 Å². The van der Waals surface area contributed by atoms with Crippen LogP contribution < -0.4 is 9.47 Å². The Morgan fingerprint density at radius 3 is 2.18 bits per heavy atom. The quantitative estimate of drug-likeness (QED) is 0.284. The van der Waals surface area contributed by atoms with Crippen LogP contribution in [0.3, 0.4) is 0 Å². The molecule has 3 aromatic rings. The predicted octanol–water partition coefficient (Wildman–Crippen LogP) is 5.99. The van der Waals surface area contributed by atoms with Crippen LogP contribution in [0.15, 0.2) is 64.9 Å². The van der Waals surface area contributed by atoms with Crippen molar-refractivity contribution in [1.29, 1.82) is 0 Å². The number of sulfone groups is 1. The highest BCUT2D eigenvalue weighted by molar-refractivity contribution is 7.91. The monoisotopic (exact) mass is 530 g/mol. The molecule has 1 heterocycles. The van der Waals surface area contributed by atoms with E-state index in [4.69, 9.17) is 44.3 Å². The van der Waals surface area contributed by atoms with Crippen LogP contribution in [0.4, 0.5) is 0 Å². The Bertz CT molecular complexity index is 1130. The van der Waals surface area contributed by atoms with E-state index in [0.717, 1.165) is 6.54 Å². The molecule has 0 saturated carbocycles. The largest absolute Gasteiger partial charge is 0.493 e. The zero-order valence-electron chi connectivity index (χ0n) is 18.2. The average molecular weight is 532 g/mol. The summed E-state index contributed by atoms with van der Waals surface area (Å²) in [6, 6.07) is 8.94. The number of ether oxygens (including phenoxy) is 2. The van der Waals surface area contributed by atoms with Gasteiger partial charge in [0.15, 0.2) is 5.75 Å². The molecule has 33 heavy (non-hydrogen) atoms. The lowest BCUT2D eigenvalue weighted by Crippen LogP contribution is -2.14. The molecule has 0 aliphatic rings. The van der Waals surface area contributed by atoms with E-state index in [0.29, 0.717) is 24.8 Å². The first-order valence-electron chi connectivity index (χ1n) is 10.3. The first-order valence-corrected chi connectivity index (χ1v) is 13.1. The second-order valence-corrected chi connectivity index (χ2v) is 11.0. The first kappa shape index (κ1) is 25.7. The summed E-state index contributed by atoms with van der Waals surface area (Å²) < 4.78 is 39.6. The zero-order valence-corrected chi connectivity index (χ0v) is 21.3. The van der Waals surface area contributed by atoms with Gasteiger partial charge >= 0.3 is 0 Å². The summed E-state index contributed by atoms with van der Waals surface area (Å²) in [6.07, 6.45) is 5.39. The summed E-state index contributed by atoms with van der Waals surface area (Å²) in [4.78, 5) is 4.12. The number of rotatable bonds is 11. The molecule has 0 amide bonds. The molecule has 178 valence electrons. The number of hydrogen-bond donors (Lipinski definition) is 0. The Labute approximate surface area is 209 Å². The molecule has 10 heteroatoms. The maximum Gasteiger partial charge on any atom is 0.206 e. The van der Waals surface area contributed by atoms with E-state index in [9.17, 15) is 8.42 Å². The van der Waals surface area contributed by atoms with Gasteiger partial charge in [0, 0.05) is 36.7 Å². The molecule has 2 aromatic carbocycles. The highest BCUT2D eigenvalue weighted by Crippen LogP contribution is 2.37. The van der Waals surface area contributed by atoms with Gasteiger partial charge in [-0.05, 0) is 36.4 Å². The van der Waals surface area contributed by atoms with E-state index in [1.165, 1.54) is 24.3 Å². The second kappa shape index (κ2) is 11.5. The van der Waals surface area contributed by atoms with Gasteiger partial charge in [-0.15, -0.1) is 11.6 Å². The summed E-state index contributed by atoms with van der Waals surface area (Å²) in [5.74, 6) is 1.59. The Morgan fingerprint density at radius 2 is 1.61 bits per heavy atom. The molecule has 0 aliphatic heterocycles. The van der Waals surface area contributed by atoms with Crippen LogP contribution in [-0.2, 0) is 16.4 Å². The molecule has 0 aliphatic carbocycles. The topological polar surface area (TPSA) is 70.4 Å². The molecule has 0 fully saturated rings. The van der Waals surface area contributed by atoms with Crippen molar-refractivity contribution in [3.63, 3.8) is 0 Å². The number of aromatic nitrogens is 2. The second-order valence-electron chi connectivity index (χ2n) is 7.94. The fourth-order valence-electron chi connectivity index (χ4n) is 3.00. The molecule has 3 rings (SSSR count). The standard InChI is InChI=1S/C23H25Cl3N2O4S/c1-16(11-24)13-32-23-21(25)9-20(10-22(23)26)33(29,30)19-5-3-18(4-6-19)31-14-17(2)12-28-8-7-27-15-28/h3-10,15-17H,11-14H2,1-2H3/t16-,17-/m0/s1. The van der Waals surface area contributed by atoms with E-state index in [1.54, 1.807) is 24.7 Å². The average Bonchev–Trinajstić information content (AvgIpc) is 3.30. The molecule has 0 spiro atoms. The highest BCUT2D eigenvalue weighted by Gasteiger charge is 2.22. The van der Waals surface area contributed by atoms with Crippen molar-refractivity contribution in [2.24, 2.45) is 11.8 Å². The van der Waals surface area contributed by atoms with Gasteiger partial charge in [-0.3, -0.25) is 0 Å². The Morgan fingerprint density at radius 1 is 0.970 bits per heavy atom. The normalized spacial score (nSPS) is 13.5. The lowest BCUT2D eigenvalue weighted by atomic mass is 10.2. The number of nitrogens with zero attached hydrogens (tertiary/aromatic N) is 2. The Balaban J connectivity index is 1.68. The fraction of sp³-hybridized carbons (Fsp3) is 0.348. The maximum atomic E-state index is 13.1. The number of benzene rings is 2. The number of halogens is 3. The third kappa shape index (κ3) is 6.79. The summed E-state index contributed by atoms with van der Waals surface area (Å²) in [5, 5.41) is 0.240. The van der Waals surface area contributed by atoms with Crippen LogP contribution >= 0.6 is 34.8 Å². The third-order valence-electron chi connectivity index (χ3n) is 4.81. The lowest BCUT2D eigenvalue weighted by molar-refractivity contribution is 0.244. The number of alkyl halides is 1. The zero-order chi connectivity index (χ0) is 24.0. The van der Waals surface area contributed by atoms with Crippen molar-refractivity contribution >= 4 is 44.6 Å². The van der Waals surface area contributed by atoms with Gasteiger partial charge in [0.25, 0.3) is 0 Å². The van der Waals surface area contributed by atoms with Crippen molar-refractivity contribution in [3.05, 3.63) is 65.2 Å². The van der Waals surface area contributed by atoms with Gasteiger partial charge in [-0.25, -0.2) is 13.4 Å². The van der Waals surface area contributed by atoms with E-state index in [2.05, 4.69) is 11.9 Å². The van der Waals surface area contributed by atoms with Gasteiger partial charge in [0.2, 0.25) is 9.84 Å². The predicted molar refractivity (Wildman–Crippen MR) is 131 cm³/mol. The fourth-order valence-corrected chi connectivity index (χ4v) is 5.12. The summed E-state index contributed by atoms with van der Waals surface area (Å²) in [7, 11) is -3.83. The van der Waals surface area contributed by atoms with Crippen LogP contribution in [0, 0.1) is 11.8 Å². The van der Waals surface area contributed by atoms with E-state index in [1.807, 2.05) is 17.7 Å². The van der Waals surface area contributed by atoms with Crippen molar-refractivity contribution in [3.8, 4) is 11.5 Å². The molecule has 0 N–H and O–H groups in total. The Hall–Kier alpha value is -1.93. The van der Waals surface area contributed by atoms with Crippen molar-refractivity contribution < 1.29 is 17.9 Å². The van der Waals surface area contributed by atoms with Gasteiger partial charge in [0.1, 0.15) is 5.75 Å². The van der Waals surface area contributed by atoms with Gasteiger partial charge in [0.05, 0.1) is 39.4 Å². The molecule has 0 radical (unpaired) electrons. The summed E-state index contributed by atoms with van der Waals surface area (Å²) in [6.45, 7) is 5.56. The number of imidazole rings is 1. The molecular formula is C23H25Cl3N2O4S. The Kier molecular flexibility index (Phi) is 8.93. The van der Waals surface area contributed by atoms with Gasteiger partial charge in [-0.2, -0.15) is 0 Å². The molecule has 1 aromatic heterocycles. The maximum absolute atomic E-state index is 13.1. The van der Waals surface area contributed by atoms with E-state index < -0.39 is 9.84 Å². The molecule has 0 saturated heterocycles. The summed E-state index contributed by atoms with van der Waals surface area (Å²) >= 11 is 18.3. The number of hydrogen-bond acceptors (Lipinski definition) is 5. The van der Waals surface area contributed by atoms with E-state index in [-0.39, 0.29) is 37.4 Å². The molecule has 6 nitrogen and oxygen atoms in total. The van der Waals surface area contributed by atoms with Crippen molar-refractivity contribution in [1.82, 2.24) is 9.55 Å². The molecule has 0 unspecified atom stereocenters. The van der Waals surface area contributed by atoms with Gasteiger partial charge in [-0.1, -0.05) is 37.0 Å². The third-order valence-corrected chi connectivity index (χ3v) is 7.65. The molecular weight excluding hydrogens is 507 g/mol. The van der Waals surface area contributed by atoms with Crippen LogP contribution in [0.1, 0.15) is 13.8 Å². The van der Waals surface area contributed by atoms with Crippen LogP contribution in [-0.4, -0.2) is 37.1 Å². The van der Waals surface area contributed by atoms with Gasteiger partial charge < -0.3 is 14.0 Å². The molecule has 0 bridgehead atoms. The SMILES string of the molecule is C[C@H](COc1ccc(S(=O)(=O)c2cc(Cl)c(OC[C@@H](C)CCl)c(Cl)c2)cc1)Cn1ccnc1. The minimum Gasteiger partial charge on any atom is -0.493 e. The smallest absolute Gasteiger partial charge is 0.206 e. The van der Waals surface area contributed by atoms with E-state index >= 15 is 0 Å².